The number of nitrogens with zero attached hydrogens (tertiary/aromatic N) is 1. The molecule has 0 fully saturated rings. The van der Waals surface area contributed by atoms with Crippen LogP contribution < -0.4 is 4.72 Å². The molecule has 0 saturated heterocycles. The van der Waals surface area contributed by atoms with Gasteiger partial charge in [0, 0.05) is 6.07 Å². The molecule has 0 spiro atoms. The molecule has 0 aliphatic heterocycles. The van der Waals surface area contributed by atoms with Crippen molar-refractivity contribution in [1.29, 1.82) is 0 Å². The van der Waals surface area contributed by atoms with Crippen molar-refractivity contribution in [3.63, 3.8) is 0 Å². The summed E-state index contributed by atoms with van der Waals surface area (Å²) >= 11 is 5.20. The fourth-order valence-corrected chi connectivity index (χ4v) is 1.41. The van der Waals surface area contributed by atoms with E-state index >= 15 is 0 Å². The van der Waals surface area contributed by atoms with Crippen LogP contribution in [-0.2, 0) is 10.0 Å². The first-order valence-corrected chi connectivity index (χ1v) is 6.16. The Morgan fingerprint density at radius 3 is 2.71 bits per heavy atom. The maximum atomic E-state index is 11.0. The number of halogens is 1. The largest absolute Gasteiger partial charge is 0.338 e. The topological polar surface area (TPSA) is 72.2 Å². The first kappa shape index (κ1) is 11.3. The number of sulfonamides is 1. The zero-order chi connectivity index (χ0) is 10.8. The Hall–Kier alpha value is -0.750. The summed E-state index contributed by atoms with van der Waals surface area (Å²) in [6, 6.07) is 1.54. The van der Waals surface area contributed by atoms with Gasteiger partial charge >= 0.3 is 0 Å². The predicted molar refractivity (Wildman–Crippen MR) is 53.9 cm³/mol. The summed E-state index contributed by atoms with van der Waals surface area (Å²) in [6.45, 7) is 3.86. The van der Waals surface area contributed by atoms with Gasteiger partial charge in [0.25, 0.3) is 0 Å². The second kappa shape index (κ2) is 4.18. The molecule has 0 aromatic carbocycles. The molecule has 80 valence electrons. The van der Waals surface area contributed by atoms with Gasteiger partial charge in [-0.2, -0.15) is 0 Å². The van der Waals surface area contributed by atoms with E-state index in [0.29, 0.717) is 5.69 Å². The molecule has 14 heavy (non-hydrogen) atoms. The first-order chi connectivity index (χ1) is 6.44. The average Bonchev–Trinajstić information content (AvgIpc) is 2.52. The van der Waals surface area contributed by atoms with Gasteiger partial charge in [-0.25, -0.2) is 13.1 Å². The molecule has 1 N–H and O–H groups in total. The lowest BCUT2D eigenvalue weighted by molar-refractivity contribution is 0.423. The normalized spacial score (nSPS) is 12.0. The van der Waals surface area contributed by atoms with Crippen molar-refractivity contribution in [2.45, 2.75) is 19.8 Å². The molecule has 1 rings (SSSR count). The standard InChI is InChI=1S/C7H11ClN2O3S/c1-5(2)6-3-7(13-9-6)10-14(11,12)4-8/h3,5,10H,4H2,1-2H3. The van der Waals surface area contributed by atoms with Gasteiger partial charge in [-0.3, -0.25) is 0 Å². The average molecular weight is 239 g/mol. The van der Waals surface area contributed by atoms with Crippen LogP contribution in [0.4, 0.5) is 5.88 Å². The summed E-state index contributed by atoms with van der Waals surface area (Å²) in [5, 5.41) is 3.18. The van der Waals surface area contributed by atoms with Crippen LogP contribution in [0.5, 0.6) is 0 Å². The lowest BCUT2D eigenvalue weighted by Gasteiger charge is -1.98. The zero-order valence-corrected chi connectivity index (χ0v) is 9.39. The van der Waals surface area contributed by atoms with Crippen molar-refractivity contribution >= 4 is 27.5 Å². The van der Waals surface area contributed by atoms with Crippen LogP contribution in [0.3, 0.4) is 0 Å². The third kappa shape index (κ3) is 2.88. The SMILES string of the molecule is CC(C)c1cc(NS(=O)(=O)CCl)on1. The summed E-state index contributed by atoms with van der Waals surface area (Å²) < 4.78 is 29.0. The lowest BCUT2D eigenvalue weighted by Crippen LogP contribution is -2.12. The minimum atomic E-state index is -3.50. The number of alkyl halides is 1. The highest BCUT2D eigenvalue weighted by Gasteiger charge is 2.13. The van der Waals surface area contributed by atoms with Crippen LogP contribution >= 0.6 is 11.6 Å². The van der Waals surface area contributed by atoms with E-state index in [2.05, 4.69) is 9.88 Å². The van der Waals surface area contributed by atoms with E-state index in [0.717, 1.165) is 0 Å². The quantitative estimate of drug-likeness (QED) is 0.811. The summed E-state index contributed by atoms with van der Waals surface area (Å²) in [7, 11) is -3.50. The maximum absolute atomic E-state index is 11.0. The van der Waals surface area contributed by atoms with Crippen LogP contribution in [-0.4, -0.2) is 18.8 Å². The van der Waals surface area contributed by atoms with E-state index in [-0.39, 0.29) is 11.8 Å². The van der Waals surface area contributed by atoms with Crippen molar-refractivity contribution < 1.29 is 12.9 Å². The number of nitrogens with one attached hydrogen (secondary N) is 1. The summed E-state index contributed by atoms with van der Waals surface area (Å²) in [4.78, 5) is 0. The van der Waals surface area contributed by atoms with E-state index in [1.807, 2.05) is 13.8 Å². The molecule has 0 atom stereocenters. The molecular weight excluding hydrogens is 228 g/mol. The molecular formula is C7H11ClN2O3S. The highest BCUT2D eigenvalue weighted by atomic mass is 35.5. The highest BCUT2D eigenvalue weighted by Crippen LogP contribution is 2.18. The van der Waals surface area contributed by atoms with E-state index in [4.69, 9.17) is 16.1 Å². The van der Waals surface area contributed by atoms with Gasteiger partial charge in [-0.1, -0.05) is 19.0 Å². The van der Waals surface area contributed by atoms with Gasteiger partial charge in [0.2, 0.25) is 15.9 Å². The van der Waals surface area contributed by atoms with E-state index in [1.54, 1.807) is 0 Å². The Morgan fingerprint density at radius 1 is 1.64 bits per heavy atom. The predicted octanol–water partition coefficient (Wildman–Crippen LogP) is 1.74. The van der Waals surface area contributed by atoms with Gasteiger partial charge < -0.3 is 4.52 Å². The van der Waals surface area contributed by atoms with Crippen LogP contribution in [0, 0.1) is 0 Å². The molecule has 0 saturated carbocycles. The fourth-order valence-electron chi connectivity index (χ4n) is 0.790. The number of rotatable bonds is 4. The van der Waals surface area contributed by atoms with Crippen molar-refractivity contribution in [2.24, 2.45) is 0 Å². The molecule has 1 heterocycles. The smallest absolute Gasteiger partial charge is 0.249 e. The second-order valence-corrected chi connectivity index (χ2v) is 5.40. The van der Waals surface area contributed by atoms with Gasteiger partial charge in [0.15, 0.2) is 0 Å². The molecule has 0 amide bonds. The van der Waals surface area contributed by atoms with Crippen LogP contribution in [0.1, 0.15) is 25.5 Å². The Balaban J connectivity index is 2.79. The van der Waals surface area contributed by atoms with Gasteiger partial charge in [0.05, 0.1) is 5.69 Å². The zero-order valence-electron chi connectivity index (χ0n) is 7.82. The van der Waals surface area contributed by atoms with Crippen molar-refractivity contribution in [2.75, 3.05) is 9.93 Å². The molecule has 5 nitrogen and oxygen atoms in total. The third-order valence-electron chi connectivity index (χ3n) is 1.52. The van der Waals surface area contributed by atoms with Crippen molar-refractivity contribution in [3.05, 3.63) is 11.8 Å². The Bertz CT molecular complexity index is 399. The number of aromatic nitrogens is 1. The van der Waals surface area contributed by atoms with Crippen molar-refractivity contribution in [3.8, 4) is 0 Å². The minimum Gasteiger partial charge on any atom is -0.338 e. The Morgan fingerprint density at radius 2 is 2.29 bits per heavy atom. The fraction of sp³-hybridized carbons (Fsp3) is 0.571. The maximum Gasteiger partial charge on any atom is 0.249 e. The van der Waals surface area contributed by atoms with E-state index in [1.165, 1.54) is 6.07 Å². The number of hydrogen-bond donors (Lipinski definition) is 1. The molecule has 0 radical (unpaired) electrons. The second-order valence-electron chi connectivity index (χ2n) is 3.10. The van der Waals surface area contributed by atoms with E-state index < -0.39 is 15.2 Å². The van der Waals surface area contributed by atoms with Crippen LogP contribution in [0.15, 0.2) is 10.6 Å². The molecule has 7 heteroatoms. The van der Waals surface area contributed by atoms with Gasteiger partial charge in [-0.15, -0.1) is 11.6 Å². The van der Waals surface area contributed by atoms with Crippen LogP contribution in [0.2, 0.25) is 0 Å². The van der Waals surface area contributed by atoms with Gasteiger partial charge in [0.1, 0.15) is 5.21 Å². The molecule has 1 aromatic rings. The number of hydrogen-bond acceptors (Lipinski definition) is 4. The number of anilines is 1. The lowest BCUT2D eigenvalue weighted by atomic mass is 10.1. The molecule has 0 bridgehead atoms. The summed E-state index contributed by atoms with van der Waals surface area (Å²) in [6.07, 6.45) is 0. The van der Waals surface area contributed by atoms with Gasteiger partial charge in [-0.05, 0) is 5.92 Å². The summed E-state index contributed by atoms with van der Waals surface area (Å²) in [5.41, 5.74) is 0.692. The van der Waals surface area contributed by atoms with Crippen LogP contribution in [0.25, 0.3) is 0 Å². The highest BCUT2D eigenvalue weighted by molar-refractivity contribution is 7.93. The molecule has 1 aromatic heterocycles. The minimum absolute atomic E-state index is 0.0920. The Labute approximate surface area is 87.5 Å². The monoisotopic (exact) mass is 238 g/mol. The molecule has 0 aliphatic carbocycles. The van der Waals surface area contributed by atoms with Crippen molar-refractivity contribution in [1.82, 2.24) is 5.16 Å². The molecule has 0 aliphatic rings. The Kier molecular flexibility index (Phi) is 3.38. The summed E-state index contributed by atoms with van der Waals surface area (Å²) in [5.74, 6) is 0.280. The first-order valence-electron chi connectivity index (χ1n) is 3.97. The molecule has 0 unspecified atom stereocenters. The van der Waals surface area contributed by atoms with E-state index in [9.17, 15) is 8.42 Å². The third-order valence-corrected chi connectivity index (χ3v) is 3.18.